The molecule has 0 radical (unpaired) electrons. The van der Waals surface area contributed by atoms with Gasteiger partial charge in [-0.15, -0.1) is 0 Å². The zero-order valence-corrected chi connectivity index (χ0v) is 18.8. The van der Waals surface area contributed by atoms with Gasteiger partial charge in [0.1, 0.15) is 6.04 Å². The molecule has 30 heavy (non-hydrogen) atoms. The molecule has 1 fully saturated rings. The molecule has 3 atom stereocenters. The SMILES string of the molecule is CC(C)=CCC/C(C)=C/CC/C(C)=C/C[C@]12C[C@@H](C(=O)O)N[C@H]1Nc1ccccc12. The highest BCUT2D eigenvalue weighted by atomic mass is 16.4. The predicted octanol–water partition coefficient (Wildman–Crippen LogP) is 5.93. The number of nitrogens with one attached hydrogen (secondary N) is 2. The second-order valence-corrected chi connectivity index (χ2v) is 9.20. The third-order valence-corrected chi connectivity index (χ3v) is 6.49. The number of para-hydroxylation sites is 1. The molecule has 2 aliphatic rings. The molecular formula is C26H36N2O2. The number of allylic oxidation sites excluding steroid dienone is 6. The first kappa shape index (κ1) is 22.4. The van der Waals surface area contributed by atoms with Crippen LogP contribution in [0.1, 0.15) is 71.8 Å². The Morgan fingerprint density at radius 1 is 1.07 bits per heavy atom. The third-order valence-electron chi connectivity index (χ3n) is 6.49. The van der Waals surface area contributed by atoms with E-state index in [1.54, 1.807) is 0 Å². The molecule has 162 valence electrons. The van der Waals surface area contributed by atoms with Crippen molar-refractivity contribution in [3.8, 4) is 0 Å². The van der Waals surface area contributed by atoms with Crippen molar-refractivity contribution in [3.05, 3.63) is 64.8 Å². The van der Waals surface area contributed by atoms with Crippen molar-refractivity contribution in [2.75, 3.05) is 5.32 Å². The first-order valence-electron chi connectivity index (χ1n) is 11.1. The lowest BCUT2D eigenvalue weighted by Gasteiger charge is -2.28. The minimum absolute atomic E-state index is 0.0303. The van der Waals surface area contributed by atoms with E-state index >= 15 is 0 Å². The van der Waals surface area contributed by atoms with Crippen molar-refractivity contribution in [2.45, 2.75) is 83.8 Å². The van der Waals surface area contributed by atoms with Crippen molar-refractivity contribution in [1.29, 1.82) is 0 Å². The lowest BCUT2D eigenvalue weighted by atomic mass is 9.75. The van der Waals surface area contributed by atoms with E-state index in [4.69, 9.17) is 0 Å². The Hall–Kier alpha value is -2.33. The van der Waals surface area contributed by atoms with Crippen LogP contribution in [0.2, 0.25) is 0 Å². The van der Waals surface area contributed by atoms with E-state index in [1.807, 2.05) is 6.07 Å². The van der Waals surface area contributed by atoms with Crippen LogP contribution >= 0.6 is 0 Å². The molecule has 4 heteroatoms. The molecule has 4 nitrogen and oxygen atoms in total. The molecule has 0 aliphatic carbocycles. The summed E-state index contributed by atoms with van der Waals surface area (Å²) in [7, 11) is 0. The number of carboxylic acids is 1. The van der Waals surface area contributed by atoms with Gasteiger partial charge in [0, 0.05) is 11.1 Å². The topological polar surface area (TPSA) is 61.4 Å². The van der Waals surface area contributed by atoms with Crippen molar-refractivity contribution in [1.82, 2.24) is 5.32 Å². The Bertz CT molecular complexity index is 864. The van der Waals surface area contributed by atoms with Gasteiger partial charge in [0.05, 0.1) is 6.17 Å². The number of rotatable bonds is 9. The van der Waals surface area contributed by atoms with Crippen LogP contribution in [-0.2, 0) is 10.2 Å². The van der Waals surface area contributed by atoms with Crippen LogP contribution in [0.4, 0.5) is 5.69 Å². The van der Waals surface area contributed by atoms with Crippen molar-refractivity contribution in [2.24, 2.45) is 0 Å². The van der Waals surface area contributed by atoms with Crippen molar-refractivity contribution >= 4 is 11.7 Å². The molecule has 1 aromatic carbocycles. The fourth-order valence-electron chi connectivity index (χ4n) is 4.71. The number of carbonyl (C=O) groups is 1. The number of benzene rings is 1. The maximum Gasteiger partial charge on any atom is 0.320 e. The van der Waals surface area contributed by atoms with E-state index in [-0.39, 0.29) is 11.6 Å². The fraction of sp³-hybridized carbons (Fsp3) is 0.500. The quantitative estimate of drug-likeness (QED) is 0.443. The van der Waals surface area contributed by atoms with Crippen LogP contribution in [0, 0.1) is 0 Å². The predicted molar refractivity (Wildman–Crippen MR) is 125 cm³/mol. The summed E-state index contributed by atoms with van der Waals surface area (Å²) in [6.07, 6.45) is 12.8. The number of hydrogen-bond donors (Lipinski definition) is 3. The number of aliphatic carboxylic acids is 1. The minimum atomic E-state index is -0.766. The van der Waals surface area contributed by atoms with E-state index in [1.165, 1.54) is 22.3 Å². The molecule has 1 aromatic rings. The first-order chi connectivity index (χ1) is 14.3. The van der Waals surface area contributed by atoms with Gasteiger partial charge in [0.15, 0.2) is 0 Å². The van der Waals surface area contributed by atoms with Gasteiger partial charge in [0.25, 0.3) is 0 Å². The van der Waals surface area contributed by atoms with Gasteiger partial charge in [-0.05, 0) is 77.8 Å². The zero-order valence-electron chi connectivity index (χ0n) is 18.8. The Kier molecular flexibility index (Phi) is 7.19. The van der Waals surface area contributed by atoms with E-state index in [2.05, 4.69) is 74.8 Å². The van der Waals surface area contributed by atoms with Gasteiger partial charge >= 0.3 is 5.97 Å². The lowest BCUT2D eigenvalue weighted by Crippen LogP contribution is -2.42. The molecule has 3 N–H and O–H groups in total. The fourth-order valence-corrected chi connectivity index (χ4v) is 4.71. The molecule has 2 aliphatic heterocycles. The van der Waals surface area contributed by atoms with Crippen LogP contribution in [0.5, 0.6) is 0 Å². The van der Waals surface area contributed by atoms with Gasteiger partial charge in [-0.1, -0.05) is 53.1 Å². The van der Waals surface area contributed by atoms with Crippen LogP contribution in [-0.4, -0.2) is 23.3 Å². The minimum Gasteiger partial charge on any atom is -0.480 e. The molecular weight excluding hydrogens is 372 g/mol. The molecule has 2 heterocycles. The Morgan fingerprint density at radius 2 is 1.73 bits per heavy atom. The summed E-state index contributed by atoms with van der Waals surface area (Å²) in [6.45, 7) is 8.71. The zero-order chi connectivity index (χ0) is 21.7. The highest BCUT2D eigenvalue weighted by molar-refractivity contribution is 5.76. The second kappa shape index (κ2) is 9.65. The van der Waals surface area contributed by atoms with Gasteiger partial charge in [0.2, 0.25) is 0 Å². The Labute approximate surface area is 181 Å². The van der Waals surface area contributed by atoms with Gasteiger partial charge in [-0.25, -0.2) is 0 Å². The highest BCUT2D eigenvalue weighted by Gasteiger charge is 2.54. The van der Waals surface area contributed by atoms with E-state index in [0.29, 0.717) is 6.42 Å². The highest BCUT2D eigenvalue weighted by Crippen LogP contribution is 2.49. The van der Waals surface area contributed by atoms with E-state index in [0.717, 1.165) is 37.8 Å². The molecule has 0 spiro atoms. The second-order valence-electron chi connectivity index (χ2n) is 9.20. The van der Waals surface area contributed by atoms with E-state index in [9.17, 15) is 9.90 Å². The normalized spacial score (nSPS) is 25.5. The summed E-state index contributed by atoms with van der Waals surface area (Å²) in [5, 5.41) is 16.4. The summed E-state index contributed by atoms with van der Waals surface area (Å²) >= 11 is 0. The lowest BCUT2D eigenvalue weighted by molar-refractivity contribution is -0.139. The maximum atomic E-state index is 11.6. The number of anilines is 1. The molecule has 0 amide bonds. The molecule has 0 saturated carbocycles. The average Bonchev–Trinajstić information content (AvgIpc) is 3.19. The standard InChI is InChI=1S/C26H36N2O2/c1-18(2)9-7-10-19(3)11-8-12-20(4)15-16-26-17-23(24(29)30)28-25(26)27-22-14-6-5-13-21(22)26/h5-6,9,11,13-15,23,25,27-28H,7-8,10,12,16-17H2,1-4H3,(H,29,30)/b19-11+,20-15+/t23-,25+,26+/m0/s1. The number of carboxylic acid groups (broad SMARTS) is 1. The van der Waals surface area contributed by atoms with E-state index < -0.39 is 12.0 Å². The molecule has 0 unspecified atom stereocenters. The molecule has 1 saturated heterocycles. The smallest absolute Gasteiger partial charge is 0.320 e. The summed E-state index contributed by atoms with van der Waals surface area (Å²) in [5.41, 5.74) is 6.38. The Morgan fingerprint density at radius 3 is 2.43 bits per heavy atom. The Balaban J connectivity index is 1.64. The van der Waals surface area contributed by atoms with Crippen LogP contribution in [0.3, 0.4) is 0 Å². The molecule has 0 aromatic heterocycles. The first-order valence-corrected chi connectivity index (χ1v) is 11.1. The van der Waals surface area contributed by atoms with Crippen molar-refractivity contribution in [3.63, 3.8) is 0 Å². The number of hydrogen-bond acceptors (Lipinski definition) is 3. The maximum absolute atomic E-state index is 11.6. The summed E-state index contributed by atoms with van der Waals surface area (Å²) in [6, 6.07) is 7.82. The largest absolute Gasteiger partial charge is 0.480 e. The van der Waals surface area contributed by atoms with Gasteiger partial charge in [-0.2, -0.15) is 0 Å². The third kappa shape index (κ3) is 5.04. The molecule has 3 rings (SSSR count). The van der Waals surface area contributed by atoms with Crippen LogP contribution in [0.25, 0.3) is 0 Å². The summed E-state index contributed by atoms with van der Waals surface area (Å²) in [5.74, 6) is -0.766. The summed E-state index contributed by atoms with van der Waals surface area (Å²) < 4.78 is 0. The average molecular weight is 409 g/mol. The van der Waals surface area contributed by atoms with Crippen LogP contribution in [0.15, 0.2) is 59.2 Å². The number of fused-ring (bicyclic) bond motifs is 3. The van der Waals surface area contributed by atoms with Gasteiger partial charge < -0.3 is 10.4 Å². The van der Waals surface area contributed by atoms with Gasteiger partial charge in [-0.3, -0.25) is 10.1 Å². The monoisotopic (exact) mass is 408 g/mol. The van der Waals surface area contributed by atoms with Crippen LogP contribution < -0.4 is 10.6 Å². The molecule has 0 bridgehead atoms. The summed E-state index contributed by atoms with van der Waals surface area (Å²) in [4.78, 5) is 11.6. The van der Waals surface area contributed by atoms with Crippen molar-refractivity contribution < 1.29 is 9.90 Å².